The highest BCUT2D eigenvalue weighted by Gasteiger charge is 2.26. The van der Waals surface area contributed by atoms with Crippen molar-refractivity contribution >= 4 is 56.9 Å². The summed E-state index contributed by atoms with van der Waals surface area (Å²) in [4.78, 5) is 45.1. The number of aryl methyl sites for hydroxylation is 1. The SMILES string of the molecule is COc1ccc(Cl)cc1-n1c(SCC(=O)NC(=O)NCC(C)C)nc2sc3c(c2c1=O)CCC(C)C3. The van der Waals surface area contributed by atoms with E-state index < -0.39 is 11.9 Å². The molecule has 2 N–H and O–H groups in total. The van der Waals surface area contributed by atoms with Crippen LogP contribution in [0.25, 0.3) is 15.9 Å². The van der Waals surface area contributed by atoms with Gasteiger partial charge in [0.15, 0.2) is 5.16 Å². The molecule has 1 unspecified atom stereocenters. The second-order valence-electron chi connectivity index (χ2n) is 9.32. The average molecular weight is 549 g/mol. The van der Waals surface area contributed by atoms with Gasteiger partial charge in [0.25, 0.3) is 5.56 Å². The number of carbonyl (C=O) groups is 2. The number of ether oxygens (including phenoxy) is 1. The summed E-state index contributed by atoms with van der Waals surface area (Å²) in [7, 11) is 1.52. The first-order valence-corrected chi connectivity index (χ1v) is 14.0. The molecule has 0 bridgehead atoms. The van der Waals surface area contributed by atoms with E-state index in [0.717, 1.165) is 36.6 Å². The quantitative estimate of drug-likeness (QED) is 0.324. The minimum Gasteiger partial charge on any atom is -0.495 e. The van der Waals surface area contributed by atoms with Crippen LogP contribution < -0.4 is 20.9 Å². The zero-order chi connectivity index (χ0) is 26.0. The molecular formula is C25H29ClN4O4S2. The molecule has 0 fully saturated rings. The summed E-state index contributed by atoms with van der Waals surface area (Å²) in [6, 6.07) is 4.48. The van der Waals surface area contributed by atoms with Crippen LogP contribution in [-0.4, -0.2) is 40.9 Å². The average Bonchev–Trinajstić information content (AvgIpc) is 3.19. The lowest BCUT2D eigenvalue weighted by molar-refractivity contribution is -0.117. The number of hydrogen-bond donors (Lipinski definition) is 2. The van der Waals surface area contributed by atoms with Crippen LogP contribution in [-0.2, 0) is 17.6 Å². The van der Waals surface area contributed by atoms with Gasteiger partial charge in [-0.3, -0.25) is 19.5 Å². The van der Waals surface area contributed by atoms with E-state index in [-0.39, 0.29) is 17.2 Å². The third kappa shape index (κ3) is 5.71. The molecule has 36 heavy (non-hydrogen) atoms. The number of nitrogens with zero attached hydrogens (tertiary/aromatic N) is 2. The summed E-state index contributed by atoms with van der Waals surface area (Å²) in [6.07, 6.45) is 2.78. The minimum absolute atomic E-state index is 0.0992. The molecule has 0 radical (unpaired) electrons. The number of hydrogen-bond acceptors (Lipinski definition) is 7. The number of amides is 3. The molecule has 8 nitrogen and oxygen atoms in total. The van der Waals surface area contributed by atoms with Gasteiger partial charge in [-0.25, -0.2) is 9.78 Å². The van der Waals surface area contributed by atoms with Crippen LogP contribution in [0.3, 0.4) is 0 Å². The summed E-state index contributed by atoms with van der Waals surface area (Å²) in [5.74, 6) is 0.690. The fourth-order valence-corrected chi connectivity index (χ4v) is 6.55. The van der Waals surface area contributed by atoms with Crippen LogP contribution >= 0.6 is 34.7 Å². The van der Waals surface area contributed by atoms with Gasteiger partial charge in [-0.2, -0.15) is 0 Å². The van der Waals surface area contributed by atoms with E-state index in [1.165, 1.54) is 16.6 Å². The lowest BCUT2D eigenvalue weighted by Gasteiger charge is -2.18. The van der Waals surface area contributed by atoms with Gasteiger partial charge in [0, 0.05) is 16.4 Å². The van der Waals surface area contributed by atoms with Gasteiger partial charge in [0.2, 0.25) is 5.91 Å². The highest BCUT2D eigenvalue weighted by Crippen LogP contribution is 2.38. The Morgan fingerprint density at radius 2 is 2.14 bits per heavy atom. The Balaban J connectivity index is 1.74. The molecule has 2 heterocycles. The zero-order valence-electron chi connectivity index (χ0n) is 20.6. The molecule has 1 aromatic carbocycles. The Kier molecular flexibility index (Phi) is 8.27. The highest BCUT2D eigenvalue weighted by atomic mass is 35.5. The number of halogens is 1. The number of benzene rings is 1. The minimum atomic E-state index is -0.549. The van der Waals surface area contributed by atoms with Gasteiger partial charge in [0.1, 0.15) is 10.6 Å². The Bertz CT molecular complexity index is 1370. The van der Waals surface area contributed by atoms with Crippen molar-refractivity contribution < 1.29 is 14.3 Å². The molecule has 1 atom stereocenters. The standard InChI is InChI=1S/C25H29ClN4O4S2/c1-13(2)11-27-24(33)28-20(31)12-35-25-29-22-21(16-7-5-14(3)9-19(16)36-22)23(32)30(25)17-10-15(26)6-8-18(17)34-4/h6,8,10,13-14H,5,7,9,11-12H2,1-4H3,(H2,27,28,31,33). The Morgan fingerprint density at radius 1 is 1.36 bits per heavy atom. The van der Waals surface area contributed by atoms with Gasteiger partial charge in [-0.05, 0) is 54.9 Å². The van der Waals surface area contributed by atoms with Crippen molar-refractivity contribution in [1.82, 2.24) is 20.2 Å². The maximum atomic E-state index is 14.0. The van der Waals surface area contributed by atoms with Crippen LogP contribution in [0.1, 0.15) is 37.6 Å². The number of fused-ring (bicyclic) bond motifs is 3. The smallest absolute Gasteiger partial charge is 0.321 e. The third-order valence-electron chi connectivity index (χ3n) is 5.94. The molecule has 0 aliphatic heterocycles. The normalized spacial score (nSPS) is 15.1. The first-order chi connectivity index (χ1) is 17.2. The van der Waals surface area contributed by atoms with Gasteiger partial charge < -0.3 is 10.1 Å². The fourth-order valence-electron chi connectivity index (χ4n) is 4.15. The maximum absolute atomic E-state index is 14.0. The second kappa shape index (κ2) is 11.2. The molecule has 4 rings (SSSR count). The molecule has 0 saturated carbocycles. The first kappa shape index (κ1) is 26.5. The Hall–Kier alpha value is -2.56. The Morgan fingerprint density at radius 3 is 2.86 bits per heavy atom. The molecular weight excluding hydrogens is 520 g/mol. The molecule has 2 aromatic heterocycles. The number of rotatable bonds is 7. The topological polar surface area (TPSA) is 102 Å². The maximum Gasteiger partial charge on any atom is 0.321 e. The summed E-state index contributed by atoms with van der Waals surface area (Å²) in [5, 5.41) is 6.37. The number of thioether (sulfide) groups is 1. The number of methoxy groups -OCH3 is 1. The molecule has 192 valence electrons. The lowest BCUT2D eigenvalue weighted by atomic mass is 9.89. The Labute approximate surface area is 222 Å². The third-order valence-corrected chi connectivity index (χ3v) is 8.26. The van der Waals surface area contributed by atoms with Gasteiger partial charge >= 0.3 is 6.03 Å². The van der Waals surface area contributed by atoms with Crippen molar-refractivity contribution in [1.29, 1.82) is 0 Å². The molecule has 0 saturated heterocycles. The lowest BCUT2D eigenvalue weighted by Crippen LogP contribution is -2.41. The summed E-state index contributed by atoms with van der Waals surface area (Å²) < 4.78 is 6.99. The van der Waals surface area contributed by atoms with Crippen LogP contribution in [0.5, 0.6) is 5.75 Å². The number of nitrogens with one attached hydrogen (secondary N) is 2. The molecule has 1 aliphatic rings. The molecule has 0 spiro atoms. The van der Waals surface area contributed by atoms with E-state index in [0.29, 0.717) is 44.3 Å². The summed E-state index contributed by atoms with van der Waals surface area (Å²) in [5.41, 5.74) is 1.30. The number of imide groups is 1. The number of urea groups is 1. The van der Waals surface area contributed by atoms with E-state index in [4.69, 9.17) is 21.3 Å². The largest absolute Gasteiger partial charge is 0.495 e. The molecule has 3 amide bonds. The van der Waals surface area contributed by atoms with Crippen LogP contribution in [0, 0.1) is 11.8 Å². The van der Waals surface area contributed by atoms with E-state index in [1.54, 1.807) is 29.5 Å². The zero-order valence-corrected chi connectivity index (χ0v) is 23.0. The highest BCUT2D eigenvalue weighted by molar-refractivity contribution is 7.99. The van der Waals surface area contributed by atoms with E-state index in [2.05, 4.69) is 17.6 Å². The molecule has 1 aliphatic carbocycles. The molecule has 11 heteroatoms. The van der Waals surface area contributed by atoms with Crippen molar-refractivity contribution in [3.63, 3.8) is 0 Å². The predicted molar refractivity (Wildman–Crippen MR) is 145 cm³/mol. The van der Waals surface area contributed by atoms with E-state index in [1.807, 2.05) is 13.8 Å². The van der Waals surface area contributed by atoms with Crippen molar-refractivity contribution in [2.24, 2.45) is 11.8 Å². The number of aromatic nitrogens is 2. The summed E-state index contributed by atoms with van der Waals surface area (Å²) in [6.45, 7) is 6.60. The van der Waals surface area contributed by atoms with Crippen molar-refractivity contribution in [3.05, 3.63) is 44.0 Å². The van der Waals surface area contributed by atoms with Gasteiger partial charge in [-0.1, -0.05) is 44.1 Å². The number of carbonyl (C=O) groups excluding carboxylic acids is 2. The van der Waals surface area contributed by atoms with Crippen LogP contribution in [0.4, 0.5) is 4.79 Å². The summed E-state index contributed by atoms with van der Waals surface area (Å²) >= 11 is 8.92. The van der Waals surface area contributed by atoms with Crippen molar-refractivity contribution in [3.8, 4) is 11.4 Å². The fraction of sp³-hybridized carbons (Fsp3) is 0.440. The van der Waals surface area contributed by atoms with Crippen molar-refractivity contribution in [2.75, 3.05) is 19.4 Å². The predicted octanol–water partition coefficient (Wildman–Crippen LogP) is 4.81. The van der Waals surface area contributed by atoms with Crippen LogP contribution in [0.2, 0.25) is 5.02 Å². The first-order valence-electron chi connectivity index (χ1n) is 11.8. The van der Waals surface area contributed by atoms with Gasteiger partial charge in [0.05, 0.1) is 23.9 Å². The van der Waals surface area contributed by atoms with E-state index in [9.17, 15) is 14.4 Å². The monoisotopic (exact) mass is 548 g/mol. The van der Waals surface area contributed by atoms with Gasteiger partial charge in [-0.15, -0.1) is 11.3 Å². The van der Waals surface area contributed by atoms with Crippen LogP contribution in [0.15, 0.2) is 28.2 Å². The number of thiophene rings is 1. The van der Waals surface area contributed by atoms with E-state index >= 15 is 0 Å². The molecule has 3 aromatic rings. The van der Waals surface area contributed by atoms with Crippen molar-refractivity contribution in [2.45, 2.75) is 45.2 Å². The second-order valence-corrected chi connectivity index (χ2v) is 11.8.